The molecule has 5 aromatic rings. The third-order valence-electron chi connectivity index (χ3n) is 6.07. The van der Waals surface area contributed by atoms with Gasteiger partial charge >= 0.3 is 0 Å². The number of aromatic nitrogens is 5. The number of nitriles is 1. The summed E-state index contributed by atoms with van der Waals surface area (Å²) in [7, 11) is 1.67. The van der Waals surface area contributed by atoms with Crippen molar-refractivity contribution < 1.29 is 0 Å². The van der Waals surface area contributed by atoms with E-state index in [-0.39, 0.29) is 28.4 Å². The molecule has 2 aromatic carbocycles. The van der Waals surface area contributed by atoms with Crippen LogP contribution in [0, 0.1) is 11.3 Å². The fraction of sp³-hybridized carbons (Fsp3) is 0.111. The Hall–Kier alpha value is -5.30. The Morgan fingerprint density at radius 2 is 1.76 bits per heavy atom. The Kier molecular flexibility index (Phi) is 5.95. The number of pyridine rings is 1. The first kappa shape index (κ1) is 23.4. The van der Waals surface area contributed by atoms with E-state index >= 15 is 0 Å². The van der Waals surface area contributed by atoms with Crippen molar-refractivity contribution in [3.05, 3.63) is 105 Å². The average Bonchev–Trinajstić information content (AvgIpc) is 2.90. The molecule has 182 valence electrons. The fourth-order valence-electron chi connectivity index (χ4n) is 4.27. The number of nitrogen functional groups attached to an aromatic ring is 1. The van der Waals surface area contributed by atoms with Crippen LogP contribution in [0.3, 0.4) is 0 Å². The van der Waals surface area contributed by atoms with Gasteiger partial charge in [-0.15, -0.1) is 0 Å². The Labute approximate surface area is 211 Å². The van der Waals surface area contributed by atoms with Crippen molar-refractivity contribution in [2.45, 2.75) is 13.0 Å². The van der Waals surface area contributed by atoms with Gasteiger partial charge in [0.2, 0.25) is 5.95 Å². The lowest BCUT2D eigenvalue weighted by Crippen LogP contribution is -2.28. The summed E-state index contributed by atoms with van der Waals surface area (Å²) in [4.78, 5) is 39.4. The Morgan fingerprint density at radius 3 is 2.51 bits per heavy atom. The summed E-state index contributed by atoms with van der Waals surface area (Å²) in [5.74, 6) is 0.659. The SMILES string of the molecule is CC(Nc1nc(N)ncc1C#N)c1nc2cccc(-c3cccc(=O)n3C)c2c(=O)n1-c1ccccc1. The van der Waals surface area contributed by atoms with Crippen LogP contribution in [-0.2, 0) is 7.05 Å². The number of hydrogen-bond donors (Lipinski definition) is 2. The lowest BCUT2D eigenvalue weighted by atomic mass is 10.0. The second kappa shape index (κ2) is 9.39. The van der Waals surface area contributed by atoms with Gasteiger partial charge in [0.25, 0.3) is 11.1 Å². The second-order valence-corrected chi connectivity index (χ2v) is 8.42. The highest BCUT2D eigenvalue weighted by molar-refractivity contribution is 5.93. The van der Waals surface area contributed by atoms with Crippen LogP contribution in [0.2, 0.25) is 0 Å². The van der Waals surface area contributed by atoms with Crippen molar-refractivity contribution in [3.63, 3.8) is 0 Å². The molecule has 10 heteroatoms. The van der Waals surface area contributed by atoms with Crippen LogP contribution in [0.4, 0.5) is 11.8 Å². The first-order valence-electron chi connectivity index (χ1n) is 11.5. The number of nitrogens with two attached hydrogens (primary N) is 1. The number of rotatable bonds is 5. The van der Waals surface area contributed by atoms with Gasteiger partial charge in [-0.05, 0) is 31.2 Å². The highest BCUT2D eigenvalue weighted by Gasteiger charge is 2.22. The van der Waals surface area contributed by atoms with Gasteiger partial charge in [0.1, 0.15) is 23.3 Å². The van der Waals surface area contributed by atoms with E-state index in [4.69, 9.17) is 10.7 Å². The van der Waals surface area contributed by atoms with E-state index in [1.54, 1.807) is 37.4 Å². The monoisotopic (exact) mass is 490 g/mol. The van der Waals surface area contributed by atoms with Crippen LogP contribution < -0.4 is 22.2 Å². The maximum atomic E-state index is 14.2. The Balaban J connectivity index is 1.78. The summed E-state index contributed by atoms with van der Waals surface area (Å²) in [5, 5.41) is 13.0. The van der Waals surface area contributed by atoms with Gasteiger partial charge in [-0.1, -0.05) is 36.4 Å². The summed E-state index contributed by atoms with van der Waals surface area (Å²) in [6, 6.07) is 20.9. The number of nitrogens with one attached hydrogen (secondary N) is 1. The van der Waals surface area contributed by atoms with Crippen LogP contribution in [0.5, 0.6) is 0 Å². The third-order valence-corrected chi connectivity index (χ3v) is 6.07. The van der Waals surface area contributed by atoms with Gasteiger partial charge in [-0.2, -0.15) is 10.2 Å². The average molecular weight is 491 g/mol. The number of benzene rings is 2. The van der Waals surface area contributed by atoms with Crippen LogP contribution in [0.25, 0.3) is 27.8 Å². The molecule has 37 heavy (non-hydrogen) atoms. The molecule has 1 unspecified atom stereocenters. The predicted octanol–water partition coefficient (Wildman–Crippen LogP) is 3.17. The van der Waals surface area contributed by atoms with Crippen molar-refractivity contribution in [3.8, 4) is 23.0 Å². The lowest BCUT2D eigenvalue weighted by molar-refractivity contribution is 0.730. The normalized spacial score (nSPS) is 11.7. The quantitative estimate of drug-likeness (QED) is 0.382. The summed E-state index contributed by atoms with van der Waals surface area (Å²) in [5.41, 5.74) is 7.76. The summed E-state index contributed by atoms with van der Waals surface area (Å²) >= 11 is 0. The zero-order chi connectivity index (χ0) is 26.1. The zero-order valence-corrected chi connectivity index (χ0v) is 20.1. The minimum Gasteiger partial charge on any atom is -0.368 e. The van der Waals surface area contributed by atoms with Crippen LogP contribution >= 0.6 is 0 Å². The minimum atomic E-state index is -0.552. The smallest absolute Gasteiger partial charge is 0.266 e. The molecule has 0 saturated heterocycles. The van der Waals surface area contributed by atoms with Gasteiger partial charge in [-0.25, -0.2) is 9.97 Å². The molecule has 3 aromatic heterocycles. The maximum Gasteiger partial charge on any atom is 0.266 e. The molecule has 3 N–H and O–H groups in total. The third kappa shape index (κ3) is 4.19. The van der Waals surface area contributed by atoms with E-state index in [0.29, 0.717) is 33.7 Å². The molecular weight excluding hydrogens is 468 g/mol. The maximum absolute atomic E-state index is 14.2. The predicted molar refractivity (Wildman–Crippen MR) is 141 cm³/mol. The summed E-state index contributed by atoms with van der Waals surface area (Å²) < 4.78 is 3.03. The van der Waals surface area contributed by atoms with Crippen molar-refractivity contribution in [2.24, 2.45) is 7.05 Å². The summed E-state index contributed by atoms with van der Waals surface area (Å²) in [6.07, 6.45) is 1.34. The molecule has 5 rings (SSSR count). The topological polar surface area (TPSA) is 145 Å². The molecule has 3 heterocycles. The number of fused-ring (bicyclic) bond motifs is 1. The van der Waals surface area contributed by atoms with E-state index < -0.39 is 6.04 Å². The first-order valence-corrected chi connectivity index (χ1v) is 11.5. The zero-order valence-electron chi connectivity index (χ0n) is 20.1. The molecular formula is C27H22N8O2. The highest BCUT2D eigenvalue weighted by Crippen LogP contribution is 2.28. The van der Waals surface area contributed by atoms with E-state index in [9.17, 15) is 14.9 Å². The van der Waals surface area contributed by atoms with E-state index in [1.807, 2.05) is 43.3 Å². The first-order chi connectivity index (χ1) is 17.9. The molecule has 1 atom stereocenters. The summed E-state index contributed by atoms with van der Waals surface area (Å²) in [6.45, 7) is 1.82. The van der Waals surface area contributed by atoms with E-state index in [0.717, 1.165) is 0 Å². The molecule has 0 saturated carbocycles. The molecule has 0 aliphatic carbocycles. The largest absolute Gasteiger partial charge is 0.368 e. The Bertz CT molecular complexity index is 1800. The van der Waals surface area contributed by atoms with Gasteiger partial charge in [0.05, 0.1) is 34.5 Å². The molecule has 0 radical (unpaired) electrons. The van der Waals surface area contributed by atoms with Crippen LogP contribution in [0.1, 0.15) is 24.4 Å². The van der Waals surface area contributed by atoms with E-state index in [1.165, 1.54) is 21.4 Å². The van der Waals surface area contributed by atoms with Crippen LogP contribution in [-0.4, -0.2) is 24.1 Å². The standard InChI is InChI=1S/C27H22N8O2/c1-16(31-24-17(14-28)15-30-27(29)33-24)25-32-20-11-6-10-19(21-12-7-13-22(36)34(21)2)23(20)26(37)35(25)18-8-4-3-5-9-18/h3-13,15-16H,1-2H3,(H3,29,30,31,33). The number of hydrogen-bond acceptors (Lipinski definition) is 8. The molecule has 0 aliphatic rings. The molecule has 10 nitrogen and oxygen atoms in total. The molecule has 0 aliphatic heterocycles. The fourth-order valence-corrected chi connectivity index (χ4v) is 4.27. The van der Waals surface area contributed by atoms with Gasteiger partial charge in [0, 0.05) is 18.7 Å². The molecule has 0 fully saturated rings. The second-order valence-electron chi connectivity index (χ2n) is 8.42. The van der Waals surface area contributed by atoms with Crippen LogP contribution in [0.15, 0.2) is 82.5 Å². The highest BCUT2D eigenvalue weighted by atomic mass is 16.1. The van der Waals surface area contributed by atoms with Gasteiger partial charge in [0.15, 0.2) is 0 Å². The van der Waals surface area contributed by atoms with Crippen molar-refractivity contribution in [2.75, 3.05) is 11.1 Å². The van der Waals surface area contributed by atoms with Crippen molar-refractivity contribution in [1.29, 1.82) is 5.26 Å². The lowest BCUT2D eigenvalue weighted by Gasteiger charge is -2.21. The minimum absolute atomic E-state index is 0.0127. The number of anilines is 2. The molecule has 0 bridgehead atoms. The van der Waals surface area contributed by atoms with E-state index in [2.05, 4.69) is 15.3 Å². The van der Waals surface area contributed by atoms with Gasteiger partial charge in [-0.3, -0.25) is 14.2 Å². The van der Waals surface area contributed by atoms with Crippen molar-refractivity contribution in [1.82, 2.24) is 24.1 Å². The van der Waals surface area contributed by atoms with Gasteiger partial charge < -0.3 is 15.6 Å². The number of nitrogens with zero attached hydrogens (tertiary/aromatic N) is 6. The number of para-hydroxylation sites is 1. The molecule has 0 amide bonds. The Morgan fingerprint density at radius 1 is 1.00 bits per heavy atom. The molecule has 0 spiro atoms. The van der Waals surface area contributed by atoms with Crippen molar-refractivity contribution >= 4 is 22.7 Å².